The third kappa shape index (κ3) is 2.37. The number of anilines is 1. The van der Waals surface area contributed by atoms with E-state index in [1.807, 2.05) is 6.92 Å². The normalized spacial score (nSPS) is 28.1. The van der Waals surface area contributed by atoms with Gasteiger partial charge in [0, 0.05) is 0 Å². The van der Waals surface area contributed by atoms with Crippen LogP contribution in [0.1, 0.15) is 13.3 Å². The molecular weight excluding hydrogens is 237 g/mol. The highest BCUT2D eigenvalue weighted by Crippen LogP contribution is 2.24. The van der Waals surface area contributed by atoms with Crippen LogP contribution in [-0.4, -0.2) is 32.8 Å². The molecule has 1 saturated heterocycles. The van der Waals surface area contributed by atoms with Crippen LogP contribution in [0, 0.1) is 11.7 Å². The van der Waals surface area contributed by atoms with Crippen LogP contribution >= 0.6 is 0 Å². The van der Waals surface area contributed by atoms with Gasteiger partial charge in [0.2, 0.25) is 5.91 Å². The molecule has 0 aliphatic carbocycles. The van der Waals surface area contributed by atoms with E-state index >= 15 is 0 Å². The lowest BCUT2D eigenvalue weighted by Gasteiger charge is -2.27. The SMILES string of the molecule is C[C@H]1CCNC1([Si])C(=O)Nc1ccc(F)cn1. The van der Waals surface area contributed by atoms with Gasteiger partial charge in [-0.15, -0.1) is 0 Å². The van der Waals surface area contributed by atoms with E-state index in [2.05, 4.69) is 25.9 Å². The van der Waals surface area contributed by atoms with Gasteiger partial charge >= 0.3 is 0 Å². The summed E-state index contributed by atoms with van der Waals surface area (Å²) in [7, 11) is 3.48. The van der Waals surface area contributed by atoms with Crippen molar-refractivity contribution >= 4 is 22.0 Å². The van der Waals surface area contributed by atoms with E-state index in [9.17, 15) is 9.18 Å². The summed E-state index contributed by atoms with van der Waals surface area (Å²) < 4.78 is 12.7. The molecule has 1 aliphatic rings. The van der Waals surface area contributed by atoms with Crippen LogP contribution in [-0.2, 0) is 4.79 Å². The van der Waals surface area contributed by atoms with Gasteiger partial charge in [-0.1, -0.05) is 6.92 Å². The molecule has 2 N–H and O–H groups in total. The molecule has 2 heterocycles. The number of carbonyl (C=O) groups excluding carboxylic acids is 1. The van der Waals surface area contributed by atoms with Gasteiger partial charge in [-0.2, -0.15) is 0 Å². The van der Waals surface area contributed by atoms with Crippen LogP contribution < -0.4 is 10.6 Å². The Balaban J connectivity index is 2.09. The van der Waals surface area contributed by atoms with Gasteiger partial charge in [0.25, 0.3) is 0 Å². The van der Waals surface area contributed by atoms with Crippen LogP contribution in [0.2, 0.25) is 0 Å². The van der Waals surface area contributed by atoms with Crippen molar-refractivity contribution in [2.24, 2.45) is 5.92 Å². The van der Waals surface area contributed by atoms with E-state index < -0.39 is 11.0 Å². The van der Waals surface area contributed by atoms with Crippen molar-refractivity contribution in [2.45, 2.75) is 18.5 Å². The van der Waals surface area contributed by atoms with Crippen molar-refractivity contribution in [3.05, 3.63) is 24.1 Å². The van der Waals surface area contributed by atoms with Crippen LogP contribution in [0.25, 0.3) is 0 Å². The molecule has 1 aromatic rings. The number of nitrogens with one attached hydrogen (secondary N) is 2. The molecule has 1 aromatic heterocycles. The van der Waals surface area contributed by atoms with E-state index in [0.29, 0.717) is 5.82 Å². The summed E-state index contributed by atoms with van der Waals surface area (Å²) in [6, 6.07) is 2.69. The van der Waals surface area contributed by atoms with Crippen LogP contribution in [0.15, 0.2) is 18.3 Å². The Morgan fingerprint density at radius 1 is 1.71 bits per heavy atom. The van der Waals surface area contributed by atoms with Crippen LogP contribution in [0.5, 0.6) is 0 Å². The zero-order valence-electron chi connectivity index (χ0n) is 9.46. The molecular formula is C11H13FN3OSi. The van der Waals surface area contributed by atoms with Gasteiger partial charge < -0.3 is 10.6 Å². The molecule has 0 spiro atoms. The van der Waals surface area contributed by atoms with E-state index in [-0.39, 0.29) is 11.8 Å². The Bertz CT molecular complexity index is 425. The number of nitrogens with zero attached hydrogens (tertiary/aromatic N) is 1. The summed E-state index contributed by atoms with van der Waals surface area (Å²) in [6.45, 7) is 2.78. The van der Waals surface area contributed by atoms with Gasteiger partial charge in [-0.25, -0.2) is 9.37 Å². The first-order valence-electron chi connectivity index (χ1n) is 5.45. The molecule has 1 fully saturated rings. The zero-order valence-corrected chi connectivity index (χ0v) is 10.5. The van der Waals surface area contributed by atoms with Crippen molar-refractivity contribution in [3.8, 4) is 0 Å². The third-order valence-electron chi connectivity index (χ3n) is 3.05. The lowest BCUT2D eigenvalue weighted by Crippen LogP contribution is -2.55. The molecule has 4 nitrogen and oxygen atoms in total. The first-order chi connectivity index (χ1) is 8.02. The lowest BCUT2D eigenvalue weighted by molar-refractivity contribution is -0.120. The quantitative estimate of drug-likeness (QED) is 0.758. The molecule has 2 rings (SSSR count). The minimum atomic E-state index is -0.768. The fourth-order valence-electron chi connectivity index (χ4n) is 1.85. The number of halogens is 1. The fourth-order valence-corrected chi connectivity index (χ4v) is 2.18. The molecule has 2 atom stereocenters. The summed E-state index contributed by atoms with van der Waals surface area (Å²) in [5.74, 6) is -0.115. The van der Waals surface area contributed by atoms with Crippen LogP contribution in [0.4, 0.5) is 10.2 Å². The number of hydrogen-bond acceptors (Lipinski definition) is 3. The summed E-state index contributed by atoms with van der Waals surface area (Å²) >= 11 is 0. The number of rotatable bonds is 2. The molecule has 3 radical (unpaired) electrons. The van der Waals surface area contributed by atoms with E-state index in [0.717, 1.165) is 19.2 Å². The molecule has 1 aliphatic heterocycles. The maximum atomic E-state index is 12.7. The Labute approximate surface area is 102 Å². The highest BCUT2D eigenvalue weighted by Gasteiger charge is 2.42. The highest BCUT2D eigenvalue weighted by atomic mass is 28.1. The predicted molar refractivity (Wildman–Crippen MR) is 63.1 cm³/mol. The number of amides is 1. The summed E-state index contributed by atoms with van der Waals surface area (Å²) in [6.07, 6.45) is 2.00. The van der Waals surface area contributed by atoms with Gasteiger partial charge in [-0.05, 0) is 31.0 Å². The summed E-state index contributed by atoms with van der Waals surface area (Å²) in [5.41, 5.74) is 0. The minimum Gasteiger partial charge on any atom is -0.309 e. The van der Waals surface area contributed by atoms with Gasteiger partial charge in [0.05, 0.1) is 21.6 Å². The van der Waals surface area contributed by atoms with Gasteiger partial charge in [0.15, 0.2) is 0 Å². The van der Waals surface area contributed by atoms with Crippen LogP contribution in [0.3, 0.4) is 0 Å². The Morgan fingerprint density at radius 2 is 2.47 bits per heavy atom. The number of carbonyl (C=O) groups is 1. The largest absolute Gasteiger partial charge is 0.309 e. The Hall–Kier alpha value is -1.27. The van der Waals surface area contributed by atoms with Crippen molar-refractivity contribution < 1.29 is 9.18 Å². The Morgan fingerprint density at radius 3 is 3.00 bits per heavy atom. The second kappa shape index (κ2) is 4.54. The molecule has 6 heteroatoms. The summed E-state index contributed by atoms with van der Waals surface area (Å²) in [4.78, 5) is 15.9. The van der Waals surface area contributed by atoms with Gasteiger partial charge in [-0.3, -0.25) is 4.79 Å². The second-order valence-electron chi connectivity index (χ2n) is 4.24. The average molecular weight is 250 g/mol. The van der Waals surface area contributed by atoms with Gasteiger partial charge in [0.1, 0.15) is 11.6 Å². The topological polar surface area (TPSA) is 54.0 Å². The first kappa shape index (κ1) is 12.2. The first-order valence-corrected chi connectivity index (χ1v) is 5.95. The molecule has 0 saturated carbocycles. The zero-order chi connectivity index (χ0) is 12.5. The molecule has 1 unspecified atom stereocenters. The summed E-state index contributed by atoms with van der Waals surface area (Å²) in [5, 5.41) is 5.00. The standard InChI is InChI=1S/C11H13FN3OSi/c1-7-4-5-14-11(7,17)10(16)15-9-3-2-8(12)6-13-9/h2-3,6-7,14H,4-5H2,1H3,(H,13,15,16)/t7-,11?/m0/s1. The molecule has 1 amide bonds. The smallest absolute Gasteiger partial charge is 0.241 e. The maximum Gasteiger partial charge on any atom is 0.241 e. The fraction of sp³-hybridized carbons (Fsp3) is 0.455. The Kier molecular flexibility index (Phi) is 3.25. The minimum absolute atomic E-state index is 0.180. The monoisotopic (exact) mass is 250 g/mol. The van der Waals surface area contributed by atoms with E-state index in [1.165, 1.54) is 12.1 Å². The number of aromatic nitrogens is 1. The van der Waals surface area contributed by atoms with E-state index in [4.69, 9.17) is 0 Å². The van der Waals surface area contributed by atoms with Crippen molar-refractivity contribution in [2.75, 3.05) is 11.9 Å². The number of hydrogen-bond donors (Lipinski definition) is 2. The highest BCUT2D eigenvalue weighted by molar-refractivity contribution is 6.31. The molecule has 17 heavy (non-hydrogen) atoms. The maximum absolute atomic E-state index is 12.7. The van der Waals surface area contributed by atoms with Crippen molar-refractivity contribution in [1.82, 2.24) is 10.3 Å². The average Bonchev–Trinajstić information content (AvgIpc) is 2.64. The van der Waals surface area contributed by atoms with Crippen molar-refractivity contribution in [3.63, 3.8) is 0 Å². The molecule has 89 valence electrons. The number of pyridine rings is 1. The predicted octanol–water partition coefficient (Wildman–Crippen LogP) is 0.653. The van der Waals surface area contributed by atoms with E-state index in [1.54, 1.807) is 0 Å². The van der Waals surface area contributed by atoms with Crippen molar-refractivity contribution in [1.29, 1.82) is 0 Å². The third-order valence-corrected chi connectivity index (χ3v) is 3.94. The molecule has 0 aromatic carbocycles. The second-order valence-corrected chi connectivity index (χ2v) is 5.03. The lowest BCUT2D eigenvalue weighted by atomic mass is 10.0. The molecule has 0 bridgehead atoms.